The van der Waals surface area contributed by atoms with Gasteiger partial charge in [0.1, 0.15) is 11.4 Å². The second-order valence-corrected chi connectivity index (χ2v) is 8.95. The summed E-state index contributed by atoms with van der Waals surface area (Å²) in [6.07, 6.45) is 3.21. The lowest BCUT2D eigenvalue weighted by molar-refractivity contribution is -0.682. The van der Waals surface area contributed by atoms with Gasteiger partial charge in [-0.2, -0.15) is 9.67 Å². The Balaban J connectivity index is 0.00000320. The molecular weight excluding hydrogens is 556 g/mol. The van der Waals surface area contributed by atoms with Crippen LogP contribution in [-0.2, 0) is 6.54 Å². The first-order chi connectivity index (χ1) is 17.6. The minimum atomic E-state index is -0.499. The lowest BCUT2D eigenvalue weighted by Crippen LogP contribution is -3.00. The fourth-order valence-corrected chi connectivity index (χ4v) is 4.56. The zero-order valence-corrected chi connectivity index (χ0v) is 21.8. The molecule has 1 unspecified atom stereocenters. The quantitative estimate of drug-likeness (QED) is 0.126. The van der Waals surface area contributed by atoms with Crippen LogP contribution in [0.2, 0.25) is 0 Å². The fraction of sp³-hybridized carbons (Fsp3) is 0.0741. The van der Waals surface area contributed by atoms with Crippen LogP contribution in [0.15, 0.2) is 103 Å². The standard InChI is InChI=1S/C27H21N4O4S.BrH/c32-25(26-14-21(18-36-26)31(33)34)17-30-13-7-10-20(16-30)23-15-24(29-28-23)27(19-8-3-1-4-9-19)35-22-11-5-2-6-12-22;/h1-16,18,27H,17H2,(H,28,29);1H/q+1;/p-1. The Bertz CT molecular complexity index is 1510. The van der Waals surface area contributed by atoms with Crippen LogP contribution in [-0.4, -0.2) is 20.9 Å². The zero-order chi connectivity index (χ0) is 24.9. The van der Waals surface area contributed by atoms with E-state index in [0.29, 0.717) is 4.88 Å². The van der Waals surface area contributed by atoms with Gasteiger partial charge in [-0.1, -0.05) is 48.5 Å². The molecule has 2 aromatic carbocycles. The largest absolute Gasteiger partial charge is 1.00 e. The van der Waals surface area contributed by atoms with E-state index < -0.39 is 11.0 Å². The number of pyridine rings is 1. The molecule has 0 saturated carbocycles. The number of para-hydroxylation sites is 1. The van der Waals surface area contributed by atoms with E-state index in [-0.39, 0.29) is 35.0 Å². The predicted molar refractivity (Wildman–Crippen MR) is 135 cm³/mol. The second-order valence-electron chi connectivity index (χ2n) is 8.04. The van der Waals surface area contributed by atoms with Crippen LogP contribution in [0.3, 0.4) is 0 Å². The molecule has 186 valence electrons. The first-order valence-electron chi connectivity index (χ1n) is 11.1. The molecule has 0 aliphatic rings. The summed E-state index contributed by atoms with van der Waals surface area (Å²) in [4.78, 5) is 23.4. The molecule has 0 bridgehead atoms. The fourth-order valence-electron chi connectivity index (χ4n) is 3.77. The number of ketones is 1. The summed E-state index contributed by atoms with van der Waals surface area (Å²) in [5, 5.41) is 19.9. The van der Waals surface area contributed by atoms with Crippen LogP contribution in [0.4, 0.5) is 5.69 Å². The minimum absolute atomic E-state index is 0. The van der Waals surface area contributed by atoms with Crippen LogP contribution in [0.1, 0.15) is 27.0 Å². The van der Waals surface area contributed by atoms with E-state index >= 15 is 0 Å². The van der Waals surface area contributed by atoms with Gasteiger partial charge in [-0.3, -0.25) is 20.0 Å². The van der Waals surface area contributed by atoms with Crippen molar-refractivity contribution in [3.63, 3.8) is 0 Å². The Labute approximate surface area is 227 Å². The Hall–Kier alpha value is -4.15. The van der Waals surface area contributed by atoms with Crippen molar-refractivity contribution in [2.75, 3.05) is 0 Å². The Morgan fingerprint density at radius 2 is 1.78 bits per heavy atom. The van der Waals surface area contributed by atoms with Crippen molar-refractivity contribution in [1.29, 1.82) is 0 Å². The summed E-state index contributed by atoms with van der Waals surface area (Å²) >= 11 is 1.08. The van der Waals surface area contributed by atoms with E-state index in [9.17, 15) is 14.9 Å². The number of hydrogen-bond acceptors (Lipinski definition) is 6. The highest BCUT2D eigenvalue weighted by Crippen LogP contribution is 2.29. The van der Waals surface area contributed by atoms with E-state index in [4.69, 9.17) is 4.74 Å². The molecule has 5 aromatic rings. The van der Waals surface area contributed by atoms with Gasteiger partial charge in [0.25, 0.3) is 5.69 Å². The third-order valence-corrected chi connectivity index (χ3v) is 6.49. The molecule has 3 heterocycles. The smallest absolute Gasteiger partial charge is 0.280 e. The van der Waals surface area contributed by atoms with Crippen molar-refractivity contribution in [2.24, 2.45) is 0 Å². The SMILES string of the molecule is O=C(C[n+]1cccc(-c2cc(C(Oc3ccccc3)c3ccccc3)n[nH]2)c1)c1cc([N+](=O)[O-])cs1.[Br-]. The summed E-state index contributed by atoms with van der Waals surface area (Å²) in [5.41, 5.74) is 3.23. The van der Waals surface area contributed by atoms with Gasteiger partial charge in [0.15, 0.2) is 18.5 Å². The number of nitrogens with zero attached hydrogens (tertiary/aromatic N) is 3. The topological polar surface area (TPSA) is 102 Å². The van der Waals surface area contributed by atoms with Gasteiger partial charge >= 0.3 is 0 Å². The van der Waals surface area contributed by atoms with E-state index in [2.05, 4.69) is 10.2 Å². The van der Waals surface area contributed by atoms with E-state index in [0.717, 1.165) is 39.6 Å². The lowest BCUT2D eigenvalue weighted by Gasteiger charge is -2.17. The molecule has 0 aliphatic carbocycles. The summed E-state index contributed by atoms with van der Waals surface area (Å²) in [5.74, 6) is 0.543. The van der Waals surface area contributed by atoms with Gasteiger partial charge in [0.2, 0.25) is 12.3 Å². The molecule has 10 heteroatoms. The molecule has 0 fully saturated rings. The van der Waals surface area contributed by atoms with E-state index in [1.165, 1.54) is 11.4 Å². The van der Waals surface area contributed by atoms with Gasteiger partial charge in [0.05, 0.1) is 26.4 Å². The van der Waals surface area contributed by atoms with Crippen molar-refractivity contribution in [3.8, 4) is 17.0 Å². The number of benzene rings is 2. The van der Waals surface area contributed by atoms with Crippen LogP contribution >= 0.6 is 11.3 Å². The highest BCUT2D eigenvalue weighted by Gasteiger charge is 2.22. The highest BCUT2D eigenvalue weighted by atomic mass is 79.9. The van der Waals surface area contributed by atoms with Crippen molar-refractivity contribution in [2.45, 2.75) is 12.6 Å². The van der Waals surface area contributed by atoms with Crippen molar-refractivity contribution in [3.05, 3.63) is 129 Å². The molecule has 8 nitrogen and oxygen atoms in total. The number of aromatic nitrogens is 3. The third kappa shape index (κ3) is 6.16. The first-order valence-corrected chi connectivity index (χ1v) is 12.0. The highest BCUT2D eigenvalue weighted by molar-refractivity contribution is 7.12. The zero-order valence-electron chi connectivity index (χ0n) is 19.4. The number of aromatic amines is 1. The summed E-state index contributed by atoms with van der Waals surface area (Å²) in [6, 6.07) is 26.5. The number of halogens is 1. The van der Waals surface area contributed by atoms with Crippen molar-refractivity contribution in [1.82, 2.24) is 10.2 Å². The molecule has 1 N–H and O–H groups in total. The maximum absolute atomic E-state index is 12.7. The average Bonchev–Trinajstić information content (AvgIpc) is 3.60. The summed E-state index contributed by atoms with van der Waals surface area (Å²) in [7, 11) is 0. The number of carbonyl (C=O) groups is 1. The van der Waals surface area contributed by atoms with Crippen LogP contribution in [0.25, 0.3) is 11.3 Å². The Morgan fingerprint density at radius 1 is 1.05 bits per heavy atom. The molecule has 0 spiro atoms. The van der Waals surface area contributed by atoms with E-state index in [1.807, 2.05) is 85.1 Å². The number of rotatable bonds is 9. The maximum Gasteiger partial charge on any atom is 0.280 e. The van der Waals surface area contributed by atoms with Crippen LogP contribution < -0.4 is 26.3 Å². The molecule has 0 aliphatic heterocycles. The normalized spacial score (nSPS) is 11.4. The second kappa shape index (κ2) is 11.7. The number of nitro groups is 1. The Kier molecular flexibility index (Phi) is 8.22. The van der Waals surface area contributed by atoms with Crippen LogP contribution in [0.5, 0.6) is 5.75 Å². The number of nitrogens with one attached hydrogen (secondary N) is 1. The van der Waals surface area contributed by atoms with Gasteiger partial charge in [-0.25, -0.2) is 0 Å². The van der Waals surface area contributed by atoms with Gasteiger partial charge in [-0.05, 0) is 29.8 Å². The molecule has 5 rings (SSSR count). The number of hydrogen-bond donors (Lipinski definition) is 1. The lowest BCUT2D eigenvalue weighted by atomic mass is 10.1. The molecule has 0 amide bonds. The number of ether oxygens (including phenoxy) is 1. The molecule has 37 heavy (non-hydrogen) atoms. The van der Waals surface area contributed by atoms with Gasteiger partial charge in [-0.15, -0.1) is 11.3 Å². The maximum atomic E-state index is 12.7. The minimum Gasteiger partial charge on any atom is -1.00 e. The number of Topliss-reactive ketones (excluding diaryl/α,β-unsaturated/α-hetero) is 1. The summed E-state index contributed by atoms with van der Waals surface area (Å²) < 4.78 is 8.05. The van der Waals surface area contributed by atoms with Crippen LogP contribution in [0, 0.1) is 10.1 Å². The van der Waals surface area contributed by atoms with Gasteiger partial charge in [0, 0.05) is 12.1 Å². The van der Waals surface area contributed by atoms with Crippen molar-refractivity contribution < 1.29 is 36.0 Å². The van der Waals surface area contributed by atoms with Crippen molar-refractivity contribution >= 4 is 22.8 Å². The number of H-pyrrole nitrogens is 1. The van der Waals surface area contributed by atoms with Gasteiger partial charge < -0.3 is 21.7 Å². The molecule has 3 aromatic heterocycles. The van der Waals surface area contributed by atoms with E-state index in [1.54, 1.807) is 10.8 Å². The number of thiophene rings is 1. The molecule has 0 saturated heterocycles. The molecular formula is C27H21BrN4O4S. The summed E-state index contributed by atoms with van der Waals surface area (Å²) in [6.45, 7) is 0.0657. The average molecular weight is 577 g/mol. The Morgan fingerprint density at radius 3 is 2.49 bits per heavy atom. The molecule has 0 radical (unpaired) electrons. The predicted octanol–water partition coefficient (Wildman–Crippen LogP) is 2.39. The third-order valence-electron chi connectivity index (χ3n) is 5.53. The monoisotopic (exact) mass is 576 g/mol. The molecule has 1 atom stereocenters. The first kappa shape index (κ1) is 25.9. The number of carbonyl (C=O) groups excluding carboxylic acids is 1.